The average molecular weight is 519 g/mol. The minimum absolute atomic E-state index is 0. The average Bonchev–Trinajstić information content (AvgIpc) is 2.90. The molecular formula is C31H35ClN2O3. The van der Waals surface area contributed by atoms with E-state index in [2.05, 4.69) is 86.3 Å². The fourth-order valence-corrected chi connectivity index (χ4v) is 4.52. The number of nitrogens with zero attached hydrogens (tertiary/aromatic N) is 2. The highest BCUT2D eigenvalue weighted by atomic mass is 35.5. The van der Waals surface area contributed by atoms with Crippen molar-refractivity contribution in [2.24, 2.45) is 0 Å². The smallest absolute Gasteiger partial charge is 0.333 e. The van der Waals surface area contributed by atoms with Crippen molar-refractivity contribution >= 4 is 22.6 Å². The van der Waals surface area contributed by atoms with Gasteiger partial charge in [-0.15, -0.1) is 0 Å². The fourth-order valence-electron chi connectivity index (χ4n) is 4.52. The van der Waals surface area contributed by atoms with Gasteiger partial charge in [0.1, 0.15) is 31.5 Å². The van der Waals surface area contributed by atoms with Crippen molar-refractivity contribution in [3.8, 4) is 22.5 Å². The van der Waals surface area contributed by atoms with Crippen LogP contribution in [0.2, 0.25) is 0 Å². The van der Waals surface area contributed by atoms with Gasteiger partial charge in [-0.05, 0) is 57.0 Å². The van der Waals surface area contributed by atoms with Crippen LogP contribution < -0.4 is 27.2 Å². The summed E-state index contributed by atoms with van der Waals surface area (Å²) in [6.07, 6.45) is 0. The van der Waals surface area contributed by atoms with Gasteiger partial charge in [0.05, 0.1) is 6.07 Å². The Hall–Kier alpha value is -3.57. The van der Waals surface area contributed by atoms with Gasteiger partial charge in [0.15, 0.2) is 0 Å². The normalized spacial score (nSPS) is 11.7. The standard InChI is InChI=1S/C31H35N2O3.ClH/c1-7-32(6)23-14-16-26-28(18-23)36-29-19-24(33(8-2)9-3)15-17-27(29)30(26)25-13-11-10-12-22(25)20-35-31(34)21(4)5;/h10-19H,4,7-9,20H2,1-3,5-6H3;1H/q+1;/p-1. The van der Waals surface area contributed by atoms with Crippen LogP contribution in [0.4, 0.5) is 5.69 Å². The zero-order valence-corrected chi connectivity index (χ0v) is 23.1. The molecule has 2 aromatic rings. The Labute approximate surface area is 225 Å². The third-order valence-electron chi connectivity index (χ3n) is 6.73. The number of esters is 1. The van der Waals surface area contributed by atoms with E-state index in [1.807, 2.05) is 18.2 Å². The molecule has 37 heavy (non-hydrogen) atoms. The molecule has 0 spiro atoms. The molecule has 6 heteroatoms. The molecule has 0 aromatic heterocycles. The number of anilines is 1. The van der Waals surface area contributed by atoms with Gasteiger partial charge in [0.25, 0.3) is 0 Å². The van der Waals surface area contributed by atoms with Crippen molar-refractivity contribution in [3.63, 3.8) is 0 Å². The van der Waals surface area contributed by atoms with Crippen LogP contribution in [-0.4, -0.2) is 32.7 Å². The van der Waals surface area contributed by atoms with Crippen LogP contribution in [0.3, 0.4) is 0 Å². The second kappa shape index (κ2) is 12.1. The predicted octanol–water partition coefficient (Wildman–Crippen LogP) is 3.10. The summed E-state index contributed by atoms with van der Waals surface area (Å²) in [7, 11) is 2.08. The van der Waals surface area contributed by atoms with Crippen LogP contribution in [0.15, 0.2) is 77.2 Å². The summed E-state index contributed by atoms with van der Waals surface area (Å²) in [6.45, 7) is 14.7. The van der Waals surface area contributed by atoms with E-state index < -0.39 is 5.97 Å². The monoisotopic (exact) mass is 518 g/mol. The van der Waals surface area contributed by atoms with Crippen molar-refractivity contribution in [3.05, 3.63) is 83.7 Å². The van der Waals surface area contributed by atoms with Crippen molar-refractivity contribution in [1.82, 2.24) is 4.58 Å². The SMILES string of the molecule is C=C(C)C(=O)OCc1ccccc1-c1c2ccc(=[N+](C)CC)cc-2oc2cc(N(CC)CC)ccc12.[Cl-]. The van der Waals surface area contributed by atoms with Crippen LogP contribution >= 0.6 is 0 Å². The molecule has 0 radical (unpaired) electrons. The van der Waals surface area contributed by atoms with Crippen molar-refractivity contribution in [1.29, 1.82) is 0 Å². The minimum atomic E-state index is -0.390. The van der Waals surface area contributed by atoms with Crippen molar-refractivity contribution in [2.75, 3.05) is 31.6 Å². The number of fused-ring (bicyclic) bond motifs is 2. The van der Waals surface area contributed by atoms with Crippen LogP contribution in [0.25, 0.3) is 33.4 Å². The Bertz CT molecular complexity index is 1470. The molecule has 4 rings (SSSR count). The first-order valence-corrected chi connectivity index (χ1v) is 12.6. The maximum absolute atomic E-state index is 12.1. The van der Waals surface area contributed by atoms with Crippen LogP contribution in [0.1, 0.15) is 33.3 Å². The summed E-state index contributed by atoms with van der Waals surface area (Å²) >= 11 is 0. The zero-order valence-electron chi connectivity index (χ0n) is 22.3. The van der Waals surface area contributed by atoms with Crippen LogP contribution in [0.5, 0.6) is 0 Å². The summed E-state index contributed by atoms with van der Waals surface area (Å²) < 4.78 is 14.3. The van der Waals surface area contributed by atoms with E-state index in [0.29, 0.717) is 5.57 Å². The Morgan fingerprint density at radius 3 is 2.41 bits per heavy atom. The summed E-state index contributed by atoms with van der Waals surface area (Å²) in [5.74, 6) is 0.430. The van der Waals surface area contributed by atoms with Crippen LogP contribution in [0, 0.1) is 0 Å². The molecule has 0 fully saturated rings. The number of rotatable bonds is 8. The second-order valence-electron chi connectivity index (χ2n) is 9.04. The molecule has 0 N–H and O–H groups in total. The van der Waals surface area contributed by atoms with E-state index in [1.165, 1.54) is 0 Å². The zero-order chi connectivity index (χ0) is 25.8. The third-order valence-corrected chi connectivity index (χ3v) is 6.73. The van der Waals surface area contributed by atoms with Gasteiger partial charge in [-0.25, -0.2) is 9.37 Å². The topological polar surface area (TPSA) is 45.7 Å². The van der Waals surface area contributed by atoms with Crippen molar-refractivity contribution in [2.45, 2.75) is 34.3 Å². The van der Waals surface area contributed by atoms with E-state index in [9.17, 15) is 4.79 Å². The van der Waals surface area contributed by atoms with Gasteiger partial charge in [-0.3, -0.25) is 0 Å². The molecule has 0 saturated heterocycles. The number of halogens is 1. The third kappa shape index (κ3) is 5.72. The molecule has 5 nitrogen and oxygen atoms in total. The lowest BCUT2D eigenvalue weighted by atomic mass is 9.91. The molecule has 1 heterocycles. The largest absolute Gasteiger partial charge is 1.00 e. The first-order chi connectivity index (χ1) is 17.4. The van der Waals surface area contributed by atoms with Crippen molar-refractivity contribution < 1.29 is 26.4 Å². The first-order valence-electron chi connectivity index (χ1n) is 12.6. The van der Waals surface area contributed by atoms with E-state index in [4.69, 9.17) is 9.15 Å². The Morgan fingerprint density at radius 2 is 1.73 bits per heavy atom. The van der Waals surface area contributed by atoms with Gasteiger partial charge in [-0.1, -0.05) is 30.8 Å². The Morgan fingerprint density at radius 1 is 1.00 bits per heavy atom. The molecule has 194 valence electrons. The number of benzene rings is 3. The summed E-state index contributed by atoms with van der Waals surface area (Å²) in [5, 5.41) is 2.12. The first kappa shape index (κ1) is 28.0. The molecule has 0 bridgehead atoms. The van der Waals surface area contributed by atoms with E-state index in [1.54, 1.807) is 6.92 Å². The number of hydrogen-bond acceptors (Lipinski definition) is 4. The van der Waals surface area contributed by atoms with Crippen LogP contribution in [-0.2, 0) is 16.1 Å². The maximum atomic E-state index is 12.1. The summed E-state index contributed by atoms with van der Waals surface area (Å²) in [6, 6.07) is 20.9. The molecule has 0 atom stereocenters. The number of hydrogen-bond donors (Lipinski definition) is 0. The van der Waals surface area contributed by atoms with E-state index >= 15 is 0 Å². The molecule has 0 amide bonds. The lowest BCUT2D eigenvalue weighted by molar-refractivity contribution is -0.140. The van der Waals surface area contributed by atoms with Gasteiger partial charge in [-0.2, -0.15) is 0 Å². The highest BCUT2D eigenvalue weighted by molar-refractivity contribution is 6.03. The minimum Gasteiger partial charge on any atom is -1.00 e. The summed E-state index contributed by atoms with van der Waals surface area (Å²) in [5.41, 5.74) is 6.39. The Kier molecular flexibility index (Phi) is 9.17. The lowest BCUT2D eigenvalue weighted by Gasteiger charge is -2.22. The second-order valence-corrected chi connectivity index (χ2v) is 9.04. The number of carbonyl (C=O) groups excluding carboxylic acids is 1. The molecule has 0 unspecified atom stereocenters. The molecule has 1 aliphatic carbocycles. The quantitative estimate of drug-likeness (QED) is 0.156. The predicted molar refractivity (Wildman–Crippen MR) is 148 cm³/mol. The van der Waals surface area contributed by atoms with Gasteiger partial charge in [0, 0.05) is 53.0 Å². The number of carbonyl (C=O) groups is 1. The summed E-state index contributed by atoms with van der Waals surface area (Å²) in [4.78, 5) is 14.4. The Balaban J connectivity index is 0.00000380. The molecule has 2 aromatic carbocycles. The highest BCUT2D eigenvalue weighted by Crippen LogP contribution is 2.42. The lowest BCUT2D eigenvalue weighted by Crippen LogP contribution is -3.00. The van der Waals surface area contributed by atoms with Gasteiger partial charge < -0.3 is 26.5 Å². The molecule has 0 saturated carbocycles. The molecular weight excluding hydrogens is 484 g/mol. The highest BCUT2D eigenvalue weighted by Gasteiger charge is 2.21. The maximum Gasteiger partial charge on any atom is 0.333 e. The van der Waals surface area contributed by atoms with Gasteiger partial charge in [0.2, 0.25) is 5.36 Å². The van der Waals surface area contributed by atoms with Gasteiger partial charge >= 0.3 is 5.97 Å². The number of ether oxygens (including phenoxy) is 1. The van der Waals surface area contributed by atoms with E-state index in [0.717, 1.165) is 69.7 Å². The fraction of sp³-hybridized carbons (Fsp3) is 0.290. The molecule has 1 aliphatic heterocycles. The molecule has 2 aliphatic rings. The van der Waals surface area contributed by atoms with E-state index in [-0.39, 0.29) is 19.0 Å².